The fraction of sp³-hybridized carbons (Fsp3) is 0.105. The van der Waals surface area contributed by atoms with Crippen molar-refractivity contribution in [2.75, 3.05) is 7.11 Å². The number of allylic oxidation sites excluding steroid dienone is 3. The molecule has 0 saturated heterocycles. The maximum Gasteiger partial charge on any atom is 0.119 e. The number of hydrogen-bond acceptors (Lipinski definition) is 2. The van der Waals surface area contributed by atoms with Gasteiger partial charge in [-0.3, -0.25) is 4.98 Å². The van der Waals surface area contributed by atoms with Gasteiger partial charge in [0.1, 0.15) is 5.75 Å². The van der Waals surface area contributed by atoms with Crippen molar-refractivity contribution in [3.8, 4) is 18.1 Å². The number of benzene rings is 1. The van der Waals surface area contributed by atoms with E-state index in [0.717, 1.165) is 34.4 Å². The van der Waals surface area contributed by atoms with Gasteiger partial charge in [0.15, 0.2) is 0 Å². The van der Waals surface area contributed by atoms with E-state index in [1.54, 1.807) is 19.5 Å². The lowest BCUT2D eigenvalue weighted by Gasteiger charge is -2.08. The third-order valence-corrected chi connectivity index (χ3v) is 3.57. The lowest BCUT2D eigenvalue weighted by molar-refractivity contribution is 0.414. The molecule has 21 heavy (non-hydrogen) atoms. The minimum Gasteiger partial charge on any atom is -0.497 e. The SMILES string of the molecule is C#CC(=Cc1cccnc1)C1=CCc2ccc(OC)cc21. The van der Waals surface area contributed by atoms with Crippen molar-refractivity contribution in [1.29, 1.82) is 0 Å². The Bertz CT molecular complexity index is 764. The van der Waals surface area contributed by atoms with Gasteiger partial charge in [0.25, 0.3) is 0 Å². The third kappa shape index (κ3) is 2.59. The van der Waals surface area contributed by atoms with Gasteiger partial charge in [-0.15, -0.1) is 6.42 Å². The number of aromatic nitrogens is 1. The van der Waals surface area contributed by atoms with Crippen LogP contribution in [0.5, 0.6) is 5.75 Å². The zero-order valence-corrected chi connectivity index (χ0v) is 11.8. The largest absolute Gasteiger partial charge is 0.497 e. The summed E-state index contributed by atoms with van der Waals surface area (Å²) >= 11 is 0. The minimum atomic E-state index is 0.847. The molecule has 0 radical (unpaired) electrons. The van der Waals surface area contributed by atoms with Crippen LogP contribution in [0.1, 0.15) is 16.7 Å². The highest BCUT2D eigenvalue weighted by molar-refractivity contribution is 5.92. The van der Waals surface area contributed by atoms with Crippen LogP contribution < -0.4 is 4.74 Å². The second-order valence-corrected chi connectivity index (χ2v) is 4.83. The van der Waals surface area contributed by atoms with Gasteiger partial charge < -0.3 is 4.74 Å². The summed E-state index contributed by atoms with van der Waals surface area (Å²) in [5.74, 6) is 3.64. The standard InChI is InChI=1S/C19H15NO/c1-3-15(11-14-5-4-10-20-13-14)18-9-7-16-6-8-17(21-2)12-19(16)18/h1,4-6,8-13H,7H2,2H3. The third-order valence-electron chi connectivity index (χ3n) is 3.57. The molecule has 0 atom stereocenters. The Hall–Kier alpha value is -2.79. The zero-order chi connectivity index (χ0) is 14.7. The lowest BCUT2D eigenvalue weighted by Crippen LogP contribution is -1.90. The van der Waals surface area contributed by atoms with E-state index >= 15 is 0 Å². The molecule has 1 aromatic carbocycles. The molecule has 1 aliphatic rings. The molecule has 0 spiro atoms. The van der Waals surface area contributed by atoms with E-state index in [0.29, 0.717) is 0 Å². The smallest absolute Gasteiger partial charge is 0.119 e. The average molecular weight is 273 g/mol. The number of pyridine rings is 1. The van der Waals surface area contributed by atoms with Crippen LogP contribution in [0.4, 0.5) is 0 Å². The Balaban J connectivity index is 2.02. The molecule has 0 unspecified atom stereocenters. The second-order valence-electron chi connectivity index (χ2n) is 4.83. The van der Waals surface area contributed by atoms with Crippen LogP contribution in [-0.2, 0) is 6.42 Å². The van der Waals surface area contributed by atoms with E-state index in [1.807, 2.05) is 30.3 Å². The summed E-state index contributed by atoms with van der Waals surface area (Å²) in [6.45, 7) is 0. The van der Waals surface area contributed by atoms with Crippen molar-refractivity contribution in [1.82, 2.24) is 4.98 Å². The first-order valence-corrected chi connectivity index (χ1v) is 6.78. The first-order valence-electron chi connectivity index (χ1n) is 6.78. The molecule has 1 aromatic heterocycles. The average Bonchev–Trinajstić information content (AvgIpc) is 2.96. The number of ether oxygens (including phenoxy) is 1. The van der Waals surface area contributed by atoms with Crippen molar-refractivity contribution in [2.24, 2.45) is 0 Å². The number of fused-ring (bicyclic) bond motifs is 1. The maximum absolute atomic E-state index is 5.72. The Kier molecular flexibility index (Phi) is 3.57. The van der Waals surface area contributed by atoms with Crippen LogP contribution in [0.2, 0.25) is 0 Å². The Morgan fingerprint density at radius 1 is 1.38 bits per heavy atom. The molecule has 0 N–H and O–H groups in total. The zero-order valence-electron chi connectivity index (χ0n) is 11.8. The molecule has 1 heterocycles. The Morgan fingerprint density at radius 2 is 2.29 bits per heavy atom. The summed E-state index contributed by atoms with van der Waals surface area (Å²) in [6.07, 6.45) is 14.3. The van der Waals surface area contributed by atoms with Crippen LogP contribution in [0.15, 0.2) is 54.4 Å². The van der Waals surface area contributed by atoms with E-state index in [9.17, 15) is 0 Å². The van der Waals surface area contributed by atoms with Gasteiger partial charge in [0.2, 0.25) is 0 Å². The van der Waals surface area contributed by atoms with Crippen LogP contribution >= 0.6 is 0 Å². The van der Waals surface area contributed by atoms with E-state index in [-0.39, 0.29) is 0 Å². The number of nitrogens with zero attached hydrogens (tertiary/aromatic N) is 1. The minimum absolute atomic E-state index is 0.847. The summed E-state index contributed by atoms with van der Waals surface area (Å²) in [4.78, 5) is 4.12. The first-order chi connectivity index (χ1) is 10.3. The molecule has 1 aliphatic carbocycles. The van der Waals surface area contributed by atoms with Crippen LogP contribution in [0.25, 0.3) is 11.6 Å². The number of methoxy groups -OCH3 is 1. The van der Waals surface area contributed by atoms with Crippen molar-refractivity contribution in [3.63, 3.8) is 0 Å². The van der Waals surface area contributed by atoms with Crippen LogP contribution in [0, 0.1) is 12.3 Å². The van der Waals surface area contributed by atoms with Crippen molar-refractivity contribution >= 4 is 11.6 Å². The molecule has 0 saturated carbocycles. The highest BCUT2D eigenvalue weighted by atomic mass is 16.5. The normalized spacial score (nSPS) is 13.3. The van der Waals surface area contributed by atoms with Crippen molar-refractivity contribution < 1.29 is 4.74 Å². The van der Waals surface area contributed by atoms with Crippen molar-refractivity contribution in [2.45, 2.75) is 6.42 Å². The quantitative estimate of drug-likeness (QED) is 0.795. The Morgan fingerprint density at radius 3 is 3.00 bits per heavy atom. The molecule has 2 heteroatoms. The molecule has 2 nitrogen and oxygen atoms in total. The molecule has 0 amide bonds. The van der Waals surface area contributed by atoms with Gasteiger partial charge in [0.05, 0.1) is 7.11 Å². The van der Waals surface area contributed by atoms with Crippen LogP contribution in [-0.4, -0.2) is 12.1 Å². The topological polar surface area (TPSA) is 22.1 Å². The van der Waals surface area contributed by atoms with Gasteiger partial charge in [-0.1, -0.05) is 24.1 Å². The van der Waals surface area contributed by atoms with E-state index < -0.39 is 0 Å². The molecule has 0 aliphatic heterocycles. The molecule has 102 valence electrons. The highest BCUT2D eigenvalue weighted by Crippen LogP contribution is 2.35. The number of rotatable bonds is 3. The fourth-order valence-corrected chi connectivity index (χ4v) is 2.51. The lowest BCUT2D eigenvalue weighted by atomic mass is 9.98. The van der Waals surface area contributed by atoms with Crippen molar-refractivity contribution in [3.05, 3.63) is 71.1 Å². The molecular weight excluding hydrogens is 258 g/mol. The van der Waals surface area contributed by atoms with Gasteiger partial charge in [-0.25, -0.2) is 0 Å². The van der Waals surface area contributed by atoms with Gasteiger partial charge in [0, 0.05) is 18.0 Å². The summed E-state index contributed by atoms with van der Waals surface area (Å²) in [5, 5.41) is 0. The molecule has 2 aromatic rings. The summed E-state index contributed by atoms with van der Waals surface area (Å²) in [6, 6.07) is 10.0. The number of hydrogen-bond donors (Lipinski definition) is 0. The second kappa shape index (κ2) is 5.68. The summed E-state index contributed by atoms with van der Waals surface area (Å²) in [5.41, 5.74) is 5.40. The predicted octanol–water partition coefficient (Wildman–Crippen LogP) is 3.75. The van der Waals surface area contributed by atoms with E-state index in [2.05, 4.69) is 23.0 Å². The monoisotopic (exact) mass is 273 g/mol. The predicted molar refractivity (Wildman–Crippen MR) is 85.7 cm³/mol. The van der Waals surface area contributed by atoms with Gasteiger partial charge >= 0.3 is 0 Å². The molecule has 0 fully saturated rings. The van der Waals surface area contributed by atoms with Crippen LogP contribution in [0.3, 0.4) is 0 Å². The Labute approximate surface area is 124 Å². The first kappa shape index (κ1) is 13.2. The highest BCUT2D eigenvalue weighted by Gasteiger charge is 2.17. The molecular formula is C19H15NO. The summed E-state index contributed by atoms with van der Waals surface area (Å²) < 4.78 is 5.31. The van der Waals surface area contributed by atoms with E-state index in [1.165, 1.54) is 5.56 Å². The summed E-state index contributed by atoms with van der Waals surface area (Å²) in [7, 11) is 1.67. The number of terminal acetylenes is 1. The maximum atomic E-state index is 5.72. The van der Waals surface area contributed by atoms with Gasteiger partial charge in [-0.2, -0.15) is 0 Å². The fourth-order valence-electron chi connectivity index (χ4n) is 2.51. The van der Waals surface area contributed by atoms with Gasteiger partial charge in [-0.05, 0) is 53.0 Å². The van der Waals surface area contributed by atoms with E-state index in [4.69, 9.17) is 11.2 Å². The molecule has 3 rings (SSSR count). The molecule has 0 bridgehead atoms.